The Labute approximate surface area is 97.0 Å². The van der Waals surface area contributed by atoms with Gasteiger partial charge in [0.05, 0.1) is 15.7 Å². The lowest BCUT2D eigenvalue weighted by molar-refractivity contribution is 1.22. The van der Waals surface area contributed by atoms with E-state index in [0.717, 1.165) is 16.3 Å². The van der Waals surface area contributed by atoms with Crippen LogP contribution in [0.5, 0.6) is 0 Å². The Morgan fingerprint density at radius 3 is 3.07 bits per heavy atom. The summed E-state index contributed by atoms with van der Waals surface area (Å²) in [5.74, 6) is 0. The summed E-state index contributed by atoms with van der Waals surface area (Å²) in [5.41, 5.74) is 7.40. The van der Waals surface area contributed by atoms with Gasteiger partial charge in [0.15, 0.2) is 0 Å². The Bertz CT molecular complexity index is 465. The zero-order chi connectivity index (χ0) is 10.7. The Morgan fingerprint density at radius 2 is 2.40 bits per heavy atom. The molecule has 0 aliphatic heterocycles. The van der Waals surface area contributed by atoms with E-state index in [1.807, 2.05) is 17.5 Å². The van der Waals surface area contributed by atoms with Crippen LogP contribution in [0.25, 0.3) is 11.3 Å². The third kappa shape index (κ3) is 2.57. The van der Waals surface area contributed by atoms with Gasteiger partial charge in [-0.3, -0.25) is 4.98 Å². The molecule has 5 heteroatoms. The predicted octanol–water partition coefficient (Wildman–Crippen LogP) is 2.03. The molecule has 0 aliphatic carbocycles. The van der Waals surface area contributed by atoms with Crippen molar-refractivity contribution in [2.24, 2.45) is 5.73 Å². The van der Waals surface area contributed by atoms with E-state index >= 15 is 0 Å². The second kappa shape index (κ2) is 4.46. The van der Waals surface area contributed by atoms with Crippen molar-refractivity contribution in [3.05, 3.63) is 34.9 Å². The molecule has 0 bridgehead atoms. The molecule has 0 aliphatic rings. The molecule has 2 rings (SSSR count). The van der Waals surface area contributed by atoms with Crippen LogP contribution in [0.4, 0.5) is 0 Å². The maximum atomic E-state index is 5.46. The van der Waals surface area contributed by atoms with Crippen LogP contribution in [0, 0.1) is 0 Å². The summed E-state index contributed by atoms with van der Waals surface area (Å²) in [6, 6.07) is 3.87. The van der Waals surface area contributed by atoms with Gasteiger partial charge in [0.2, 0.25) is 0 Å². The lowest BCUT2D eigenvalue weighted by Gasteiger charge is -1.94. The van der Waals surface area contributed by atoms with Crippen molar-refractivity contribution in [3.63, 3.8) is 0 Å². The van der Waals surface area contributed by atoms with E-state index in [1.54, 1.807) is 23.7 Å². The van der Waals surface area contributed by atoms with Gasteiger partial charge in [-0.1, -0.05) is 12.2 Å². The minimum atomic E-state index is 0.474. The summed E-state index contributed by atoms with van der Waals surface area (Å²) in [6.45, 7) is 0. The molecule has 0 amide bonds. The lowest BCUT2D eigenvalue weighted by atomic mass is 10.2. The number of nitrogens with zero attached hydrogens (tertiary/aromatic N) is 2. The highest BCUT2D eigenvalue weighted by molar-refractivity contribution is 7.80. The molecular formula is C10H9N3S2. The second-order valence-electron chi connectivity index (χ2n) is 3.01. The molecule has 0 saturated heterocycles. The van der Waals surface area contributed by atoms with Gasteiger partial charge in [0.1, 0.15) is 0 Å². The Balaban J connectivity index is 2.24. The van der Waals surface area contributed by atoms with Gasteiger partial charge < -0.3 is 5.73 Å². The van der Waals surface area contributed by atoms with Crippen LogP contribution < -0.4 is 5.73 Å². The minimum absolute atomic E-state index is 0.474. The second-order valence-corrected chi connectivity index (χ2v) is 4.48. The first-order valence-electron chi connectivity index (χ1n) is 4.39. The highest BCUT2D eigenvalue weighted by atomic mass is 32.1. The molecule has 0 fully saturated rings. The quantitative estimate of drug-likeness (QED) is 0.827. The van der Waals surface area contributed by atoms with E-state index in [0.29, 0.717) is 11.4 Å². The summed E-state index contributed by atoms with van der Waals surface area (Å²) in [7, 11) is 0. The van der Waals surface area contributed by atoms with Crippen LogP contribution in [0.15, 0.2) is 29.9 Å². The molecule has 0 unspecified atom stereocenters. The predicted molar refractivity (Wildman–Crippen MR) is 65.8 cm³/mol. The van der Waals surface area contributed by atoms with Crippen molar-refractivity contribution in [3.8, 4) is 11.3 Å². The van der Waals surface area contributed by atoms with Crippen LogP contribution in [-0.2, 0) is 6.42 Å². The molecule has 0 spiro atoms. The summed E-state index contributed by atoms with van der Waals surface area (Å²) in [4.78, 5) is 8.95. The van der Waals surface area contributed by atoms with Gasteiger partial charge >= 0.3 is 0 Å². The summed E-state index contributed by atoms with van der Waals surface area (Å²) in [6.07, 6.45) is 4.10. The normalized spacial score (nSPS) is 10.1. The largest absolute Gasteiger partial charge is 0.393 e. The average Bonchev–Trinajstić information content (AvgIpc) is 2.67. The average molecular weight is 235 g/mol. The van der Waals surface area contributed by atoms with Crippen molar-refractivity contribution < 1.29 is 0 Å². The molecule has 2 heterocycles. The van der Waals surface area contributed by atoms with Gasteiger partial charge in [0, 0.05) is 29.8 Å². The van der Waals surface area contributed by atoms with Crippen molar-refractivity contribution >= 4 is 28.5 Å². The highest BCUT2D eigenvalue weighted by Gasteiger charge is 2.04. The molecule has 0 saturated carbocycles. The maximum absolute atomic E-state index is 5.46. The number of pyridine rings is 1. The van der Waals surface area contributed by atoms with Crippen molar-refractivity contribution in [2.45, 2.75) is 6.42 Å². The number of thiazole rings is 1. The van der Waals surface area contributed by atoms with Crippen LogP contribution in [0.3, 0.4) is 0 Å². The fraction of sp³-hybridized carbons (Fsp3) is 0.100. The van der Waals surface area contributed by atoms with E-state index in [9.17, 15) is 0 Å². The Morgan fingerprint density at radius 1 is 1.53 bits per heavy atom. The van der Waals surface area contributed by atoms with Gasteiger partial charge in [-0.15, -0.1) is 11.3 Å². The minimum Gasteiger partial charge on any atom is -0.393 e. The monoisotopic (exact) mass is 235 g/mol. The summed E-state index contributed by atoms with van der Waals surface area (Å²) in [5, 5.41) is 2.94. The van der Waals surface area contributed by atoms with E-state index in [4.69, 9.17) is 18.0 Å². The molecule has 0 atom stereocenters. The number of hydrogen-bond acceptors (Lipinski definition) is 4. The lowest BCUT2D eigenvalue weighted by Crippen LogP contribution is -2.10. The van der Waals surface area contributed by atoms with Crippen LogP contribution >= 0.6 is 23.6 Å². The number of nitrogens with two attached hydrogens (primary N) is 1. The van der Waals surface area contributed by atoms with Gasteiger partial charge in [0.25, 0.3) is 0 Å². The molecule has 0 radical (unpaired) electrons. The molecule has 76 valence electrons. The summed E-state index contributed by atoms with van der Waals surface area (Å²) >= 11 is 6.40. The van der Waals surface area contributed by atoms with Crippen molar-refractivity contribution in [1.82, 2.24) is 9.97 Å². The fourth-order valence-corrected chi connectivity index (χ4v) is 2.24. The standard InChI is InChI=1S/C10H9N3S2/c11-9(14)4-10-13-8(6-15-10)7-2-1-3-12-5-7/h1-3,5-6H,4H2,(H2,11,14). The molecule has 2 N–H and O–H groups in total. The van der Waals surface area contributed by atoms with Gasteiger partial charge in [-0.2, -0.15) is 0 Å². The van der Waals surface area contributed by atoms with Crippen LogP contribution in [0.1, 0.15) is 5.01 Å². The SMILES string of the molecule is NC(=S)Cc1nc(-c2cccnc2)cs1. The Kier molecular flexibility index (Phi) is 3.03. The number of thiocarbonyl (C=S) groups is 1. The molecular weight excluding hydrogens is 226 g/mol. The van der Waals surface area contributed by atoms with Gasteiger partial charge in [-0.25, -0.2) is 4.98 Å². The maximum Gasteiger partial charge on any atom is 0.1000 e. The van der Waals surface area contributed by atoms with Crippen molar-refractivity contribution in [1.29, 1.82) is 0 Å². The number of aromatic nitrogens is 2. The molecule has 3 nitrogen and oxygen atoms in total. The zero-order valence-corrected chi connectivity index (χ0v) is 9.52. The van der Waals surface area contributed by atoms with Crippen molar-refractivity contribution in [2.75, 3.05) is 0 Å². The van der Waals surface area contributed by atoms with E-state index in [1.165, 1.54) is 0 Å². The third-order valence-electron chi connectivity index (χ3n) is 1.83. The first-order chi connectivity index (χ1) is 7.25. The zero-order valence-electron chi connectivity index (χ0n) is 7.88. The summed E-state index contributed by atoms with van der Waals surface area (Å²) < 4.78 is 0. The third-order valence-corrected chi connectivity index (χ3v) is 2.83. The number of rotatable bonds is 3. The van der Waals surface area contributed by atoms with Gasteiger partial charge in [-0.05, 0) is 12.1 Å². The highest BCUT2D eigenvalue weighted by Crippen LogP contribution is 2.20. The molecule has 15 heavy (non-hydrogen) atoms. The van der Waals surface area contributed by atoms with E-state index in [2.05, 4.69) is 9.97 Å². The first-order valence-corrected chi connectivity index (χ1v) is 5.67. The molecule has 0 aromatic carbocycles. The smallest absolute Gasteiger partial charge is 0.1000 e. The van der Waals surface area contributed by atoms with Crippen LogP contribution in [-0.4, -0.2) is 15.0 Å². The topological polar surface area (TPSA) is 51.8 Å². The van der Waals surface area contributed by atoms with E-state index in [-0.39, 0.29) is 0 Å². The first kappa shape index (κ1) is 10.2. The molecule has 2 aromatic heterocycles. The van der Waals surface area contributed by atoms with Crippen LogP contribution in [0.2, 0.25) is 0 Å². The number of hydrogen-bond donors (Lipinski definition) is 1. The van der Waals surface area contributed by atoms with E-state index < -0.39 is 0 Å². The molecule has 2 aromatic rings. The fourth-order valence-electron chi connectivity index (χ4n) is 1.19. The Hall–Kier alpha value is -1.33.